The summed E-state index contributed by atoms with van der Waals surface area (Å²) >= 11 is 0. The molecule has 0 saturated carbocycles. The number of phosphoric acid groups is 1. The summed E-state index contributed by atoms with van der Waals surface area (Å²) in [5.41, 5.74) is 5.68. The lowest BCUT2D eigenvalue weighted by Crippen LogP contribution is -2.33. The molecule has 0 spiro atoms. The molecular weight excluding hydrogens is 349 g/mol. The van der Waals surface area contributed by atoms with Crippen molar-refractivity contribution in [2.75, 3.05) is 12.3 Å². The summed E-state index contributed by atoms with van der Waals surface area (Å²) in [6, 6.07) is -0.693. The van der Waals surface area contributed by atoms with Crippen LogP contribution in [-0.4, -0.2) is 69.5 Å². The van der Waals surface area contributed by atoms with Crippen molar-refractivity contribution in [3.63, 3.8) is 0 Å². The van der Waals surface area contributed by atoms with E-state index >= 15 is 0 Å². The molecular formula is C10H14N5O8P. The van der Waals surface area contributed by atoms with Crippen molar-refractivity contribution in [2.45, 2.75) is 24.5 Å². The number of ether oxygens (including phenoxy) is 1. The number of aromatic nitrogens is 4. The lowest BCUT2D eigenvalue weighted by Gasteiger charge is -2.16. The molecule has 1 aliphatic rings. The second-order valence-corrected chi connectivity index (χ2v) is 6.19. The highest BCUT2D eigenvalue weighted by Crippen LogP contribution is 2.37. The topological polar surface area (TPSA) is 206 Å². The van der Waals surface area contributed by atoms with Crippen LogP contribution in [0.2, 0.25) is 0 Å². The van der Waals surface area contributed by atoms with Crippen LogP contribution in [0, 0.1) is 0 Å². The van der Waals surface area contributed by atoms with Crippen molar-refractivity contribution in [1.82, 2.24) is 19.5 Å². The first-order valence-electron chi connectivity index (χ1n) is 6.59. The molecule has 0 bridgehead atoms. The van der Waals surface area contributed by atoms with Crippen LogP contribution in [0.15, 0.2) is 6.33 Å². The number of imidazole rings is 1. The van der Waals surface area contributed by atoms with Crippen LogP contribution < -0.4 is 10.3 Å². The second-order valence-electron chi connectivity index (χ2n) is 5.03. The van der Waals surface area contributed by atoms with Gasteiger partial charge in [-0.1, -0.05) is 0 Å². The fraction of sp³-hybridized carbons (Fsp3) is 0.500. The lowest BCUT2D eigenvalue weighted by molar-refractivity contribution is -0.0511. The molecule has 14 heteroatoms. The quantitative estimate of drug-likeness (QED) is 0.311. The first-order chi connectivity index (χ1) is 11.2. The number of phosphoric ester groups is 1. The Balaban J connectivity index is 2.05. The number of nitrogen functional groups attached to an aromatic ring is 1. The molecule has 3 heterocycles. The molecule has 1 aliphatic heterocycles. The van der Waals surface area contributed by atoms with Crippen LogP contribution in [0.1, 0.15) is 6.23 Å². The van der Waals surface area contributed by atoms with Crippen LogP contribution in [0.4, 0.5) is 5.82 Å². The summed E-state index contributed by atoms with van der Waals surface area (Å²) < 4.78 is 21.7. The molecule has 0 radical (unpaired) electrons. The van der Waals surface area contributed by atoms with Crippen molar-refractivity contribution >= 4 is 24.8 Å². The van der Waals surface area contributed by atoms with Gasteiger partial charge in [-0.15, -0.1) is 0 Å². The fourth-order valence-electron chi connectivity index (χ4n) is 2.36. The highest BCUT2D eigenvalue weighted by molar-refractivity contribution is 7.46. The van der Waals surface area contributed by atoms with E-state index in [2.05, 4.69) is 19.5 Å². The van der Waals surface area contributed by atoms with Gasteiger partial charge in [-0.05, 0) is 0 Å². The normalized spacial score (nSPS) is 27.7. The molecule has 0 aromatic carbocycles. The van der Waals surface area contributed by atoms with Crippen molar-refractivity contribution < 1.29 is 38.9 Å². The molecule has 132 valence electrons. The molecule has 1 fully saturated rings. The lowest BCUT2D eigenvalue weighted by atomic mass is 10.1. The fourth-order valence-corrected chi connectivity index (χ4v) is 2.66. The van der Waals surface area contributed by atoms with E-state index in [0.717, 1.165) is 0 Å². The average molecular weight is 363 g/mol. The number of nitrogens with two attached hydrogens (primary N) is 1. The van der Waals surface area contributed by atoms with Gasteiger partial charge in [0.25, 0.3) is 0 Å². The van der Waals surface area contributed by atoms with Crippen molar-refractivity contribution in [2.24, 2.45) is 0 Å². The molecule has 0 unspecified atom stereocenters. The number of fused-ring (bicyclic) bond motifs is 1. The van der Waals surface area contributed by atoms with Gasteiger partial charge in [0.2, 0.25) is 0 Å². The minimum atomic E-state index is -4.91. The molecule has 2 aromatic rings. The van der Waals surface area contributed by atoms with Crippen molar-refractivity contribution in [3.05, 3.63) is 6.33 Å². The monoisotopic (exact) mass is 363 g/mol. The SMILES string of the molecule is Nc1nc(OP(=O)(O)O)nc2c1ncn2[C@@H]1O[C@H](CO)[C@@H](O)[C@H]1O. The van der Waals surface area contributed by atoms with Gasteiger partial charge in [-0.2, -0.15) is 9.97 Å². The van der Waals surface area contributed by atoms with E-state index < -0.39 is 45.0 Å². The van der Waals surface area contributed by atoms with Crippen molar-refractivity contribution in [3.8, 4) is 6.01 Å². The number of rotatable bonds is 4. The predicted octanol–water partition coefficient (Wildman–Crippen LogP) is -2.51. The van der Waals surface area contributed by atoms with Crippen molar-refractivity contribution in [1.29, 1.82) is 0 Å². The van der Waals surface area contributed by atoms with E-state index in [4.69, 9.17) is 25.4 Å². The number of aliphatic hydroxyl groups excluding tert-OH is 3. The zero-order chi connectivity index (χ0) is 17.6. The molecule has 13 nitrogen and oxygen atoms in total. The maximum absolute atomic E-state index is 10.9. The Morgan fingerprint density at radius 1 is 1.33 bits per heavy atom. The summed E-state index contributed by atoms with van der Waals surface area (Å²) in [6.45, 7) is -0.523. The summed E-state index contributed by atoms with van der Waals surface area (Å²) in [6.07, 6.45) is -3.73. The molecule has 1 saturated heterocycles. The van der Waals surface area contributed by atoms with Gasteiger partial charge in [0.05, 0.1) is 12.9 Å². The Bertz CT molecular complexity index is 808. The van der Waals surface area contributed by atoms with Gasteiger partial charge in [-0.25, -0.2) is 9.55 Å². The van der Waals surface area contributed by atoms with Gasteiger partial charge in [-0.3, -0.25) is 14.4 Å². The number of hydrogen-bond donors (Lipinski definition) is 6. The van der Waals surface area contributed by atoms with E-state index in [1.165, 1.54) is 10.9 Å². The van der Waals surface area contributed by atoms with Crippen LogP contribution >= 0.6 is 7.82 Å². The standard InChI is InChI=1S/C10H14N5O8P/c11-7-4-8(14-10(13-7)23-24(19,20)21)15(2-12-4)9-6(18)5(17)3(1-16)22-9/h2-3,5-6,9,16-18H,1H2,(H2,11,13,14)(H2,19,20,21)/t3-,5-,6-,9-/m1/s1. The van der Waals surface area contributed by atoms with E-state index in [1.54, 1.807) is 0 Å². The summed E-state index contributed by atoms with van der Waals surface area (Å²) in [5, 5.41) is 29.0. The Hall–Kier alpha value is -1.86. The van der Waals surface area contributed by atoms with E-state index in [1.807, 2.05) is 0 Å². The minimum Gasteiger partial charge on any atom is -0.394 e. The number of hydrogen-bond acceptors (Lipinski definition) is 10. The molecule has 0 amide bonds. The Morgan fingerprint density at radius 2 is 2.04 bits per heavy atom. The van der Waals surface area contributed by atoms with E-state index in [9.17, 15) is 14.8 Å². The largest absolute Gasteiger partial charge is 0.527 e. The van der Waals surface area contributed by atoms with Crippen LogP contribution in [-0.2, 0) is 9.30 Å². The van der Waals surface area contributed by atoms with Gasteiger partial charge < -0.3 is 30.3 Å². The highest BCUT2D eigenvalue weighted by atomic mass is 31.2. The maximum Gasteiger partial charge on any atom is 0.527 e. The highest BCUT2D eigenvalue weighted by Gasteiger charge is 2.44. The third-order valence-corrected chi connectivity index (χ3v) is 3.82. The van der Waals surface area contributed by atoms with Gasteiger partial charge in [0.1, 0.15) is 18.3 Å². The molecule has 0 aliphatic carbocycles. The Kier molecular flexibility index (Phi) is 4.17. The van der Waals surface area contributed by atoms with Gasteiger partial charge >= 0.3 is 13.8 Å². The molecule has 2 aromatic heterocycles. The Labute approximate surface area is 133 Å². The summed E-state index contributed by atoms with van der Waals surface area (Å²) in [4.78, 5) is 29.0. The van der Waals surface area contributed by atoms with Gasteiger partial charge in [0.15, 0.2) is 23.2 Å². The third-order valence-electron chi connectivity index (χ3n) is 3.42. The number of nitrogens with zero attached hydrogens (tertiary/aromatic N) is 4. The van der Waals surface area contributed by atoms with E-state index in [0.29, 0.717) is 0 Å². The molecule has 4 atom stereocenters. The average Bonchev–Trinajstić information content (AvgIpc) is 3.00. The summed E-state index contributed by atoms with van der Waals surface area (Å²) in [5.74, 6) is -0.214. The third kappa shape index (κ3) is 2.93. The molecule has 7 N–H and O–H groups in total. The maximum atomic E-state index is 10.9. The predicted molar refractivity (Wildman–Crippen MR) is 75.4 cm³/mol. The summed E-state index contributed by atoms with van der Waals surface area (Å²) in [7, 11) is -4.91. The van der Waals surface area contributed by atoms with Crippen LogP contribution in [0.3, 0.4) is 0 Å². The van der Waals surface area contributed by atoms with Gasteiger partial charge in [0, 0.05) is 0 Å². The smallest absolute Gasteiger partial charge is 0.394 e. The molecule has 24 heavy (non-hydrogen) atoms. The van der Waals surface area contributed by atoms with Crippen LogP contribution in [0.5, 0.6) is 6.01 Å². The minimum absolute atomic E-state index is 0.0409. The molecule has 3 rings (SSSR count). The number of anilines is 1. The number of aliphatic hydroxyl groups is 3. The van der Waals surface area contributed by atoms with Crippen LogP contribution in [0.25, 0.3) is 11.2 Å². The second kappa shape index (κ2) is 5.89. The van der Waals surface area contributed by atoms with E-state index in [-0.39, 0.29) is 17.0 Å². The first kappa shape index (κ1) is 17.0. The first-order valence-corrected chi connectivity index (χ1v) is 8.12. The zero-order valence-electron chi connectivity index (χ0n) is 11.9. The Morgan fingerprint density at radius 3 is 2.62 bits per heavy atom. The zero-order valence-corrected chi connectivity index (χ0v) is 12.8.